The average Bonchev–Trinajstić information content (AvgIpc) is 3.05. The Morgan fingerprint density at radius 1 is 1.21 bits per heavy atom. The third kappa shape index (κ3) is 5.19. The molecule has 0 aliphatic carbocycles. The first kappa shape index (κ1) is 21.2. The number of carbonyl (C=O) groups excluding carboxylic acids is 1. The van der Waals surface area contributed by atoms with Gasteiger partial charge in [-0.3, -0.25) is 4.79 Å². The van der Waals surface area contributed by atoms with Crippen LogP contribution in [0.25, 0.3) is 5.65 Å². The molecule has 3 aromatic rings. The van der Waals surface area contributed by atoms with Crippen LogP contribution in [0.3, 0.4) is 0 Å². The zero-order valence-corrected chi connectivity index (χ0v) is 16.9. The lowest BCUT2D eigenvalue weighted by molar-refractivity contribution is -0.114. The van der Waals surface area contributed by atoms with Gasteiger partial charge in [-0.25, -0.2) is 4.98 Å². The molecule has 9 nitrogen and oxygen atoms in total. The first-order chi connectivity index (χ1) is 13.4. The Balaban J connectivity index is 0.000000878. The highest BCUT2D eigenvalue weighted by Crippen LogP contribution is 2.22. The number of fused-ring (bicyclic) bond motifs is 1. The van der Waals surface area contributed by atoms with Crippen molar-refractivity contribution in [3.05, 3.63) is 47.4 Å². The van der Waals surface area contributed by atoms with Crippen molar-refractivity contribution in [3.63, 3.8) is 0 Å². The van der Waals surface area contributed by atoms with Crippen LogP contribution in [-0.4, -0.2) is 33.9 Å². The lowest BCUT2D eigenvalue weighted by Gasteiger charge is -2.12. The number of benzene rings is 1. The maximum absolute atomic E-state index is 11.4. The summed E-state index contributed by atoms with van der Waals surface area (Å²) in [4.78, 5) is 20.4. The topological polar surface area (TPSA) is 118 Å². The molecule has 2 heterocycles. The molecule has 148 valence electrons. The highest BCUT2D eigenvalue weighted by molar-refractivity contribution is 7.51. The summed E-state index contributed by atoms with van der Waals surface area (Å²) in [5.41, 5.74) is 3.67. The quantitative estimate of drug-likeness (QED) is 0.673. The Morgan fingerprint density at radius 3 is 2.54 bits per heavy atom. The van der Waals surface area contributed by atoms with E-state index < -0.39 is 11.6 Å². The average molecular weight is 402 g/mol. The second-order valence-corrected chi connectivity index (χ2v) is 6.48. The van der Waals surface area contributed by atoms with Crippen molar-refractivity contribution in [1.29, 1.82) is 0 Å². The molecule has 2 N–H and O–H groups in total. The van der Waals surface area contributed by atoms with E-state index in [0.29, 0.717) is 24.2 Å². The Labute approximate surface area is 166 Å². The van der Waals surface area contributed by atoms with Gasteiger partial charge in [0.15, 0.2) is 5.65 Å². The molecule has 0 unspecified atom stereocenters. The summed E-state index contributed by atoms with van der Waals surface area (Å²) in [5.74, 6) is 1.56. The largest absolute Gasteiger partial charge is 0.350 e. The van der Waals surface area contributed by atoms with Crippen molar-refractivity contribution in [3.8, 4) is 0 Å². The van der Waals surface area contributed by atoms with Crippen LogP contribution < -0.4 is 10.6 Å². The van der Waals surface area contributed by atoms with E-state index in [-0.39, 0.29) is 5.91 Å². The minimum Gasteiger partial charge on any atom is -0.350 e. The van der Waals surface area contributed by atoms with Crippen molar-refractivity contribution in [2.75, 3.05) is 10.6 Å². The molecule has 1 amide bonds. The van der Waals surface area contributed by atoms with Crippen molar-refractivity contribution < 1.29 is 13.2 Å². The van der Waals surface area contributed by atoms with E-state index in [1.165, 1.54) is 6.92 Å². The van der Waals surface area contributed by atoms with Crippen LogP contribution in [0.1, 0.15) is 43.6 Å². The molecule has 0 spiro atoms. The van der Waals surface area contributed by atoms with Gasteiger partial charge in [-0.1, -0.05) is 32.0 Å². The van der Waals surface area contributed by atoms with E-state index in [0.717, 1.165) is 22.5 Å². The SMILES string of the molecule is CC(=O)Nc1ccccc1CNc1nc(C)nc2c(C(C)C)cnn12.O=S=O. The maximum atomic E-state index is 11.4. The van der Waals surface area contributed by atoms with Crippen LogP contribution in [0.5, 0.6) is 0 Å². The lowest BCUT2D eigenvalue weighted by atomic mass is 10.1. The van der Waals surface area contributed by atoms with Crippen molar-refractivity contribution in [2.24, 2.45) is 0 Å². The van der Waals surface area contributed by atoms with Gasteiger partial charge in [-0.05, 0) is 24.5 Å². The van der Waals surface area contributed by atoms with Gasteiger partial charge >= 0.3 is 11.6 Å². The third-order valence-corrected chi connectivity index (χ3v) is 3.89. The summed E-state index contributed by atoms with van der Waals surface area (Å²) >= 11 is -0.750. The molecule has 0 saturated heterocycles. The number of carbonyl (C=O) groups is 1. The number of rotatable bonds is 5. The van der Waals surface area contributed by atoms with Gasteiger partial charge in [-0.2, -0.15) is 23.0 Å². The fourth-order valence-electron chi connectivity index (χ4n) is 2.68. The molecule has 0 radical (unpaired) electrons. The molecule has 1 aromatic carbocycles. The van der Waals surface area contributed by atoms with Gasteiger partial charge in [0, 0.05) is 24.7 Å². The smallest absolute Gasteiger partial charge is 0.335 e. The van der Waals surface area contributed by atoms with Gasteiger partial charge in [0.05, 0.1) is 6.20 Å². The van der Waals surface area contributed by atoms with Gasteiger partial charge in [0.2, 0.25) is 11.9 Å². The molecule has 2 aromatic heterocycles. The van der Waals surface area contributed by atoms with Gasteiger partial charge < -0.3 is 10.6 Å². The monoisotopic (exact) mass is 402 g/mol. The number of anilines is 2. The summed E-state index contributed by atoms with van der Waals surface area (Å²) in [7, 11) is 0. The maximum Gasteiger partial charge on any atom is 0.335 e. The Bertz CT molecular complexity index is 1010. The van der Waals surface area contributed by atoms with Crippen LogP contribution in [0.4, 0.5) is 11.6 Å². The van der Waals surface area contributed by atoms with Gasteiger partial charge in [0.25, 0.3) is 0 Å². The zero-order valence-electron chi connectivity index (χ0n) is 16.1. The summed E-state index contributed by atoms with van der Waals surface area (Å²) in [6.45, 7) is 8.11. The Hall–Kier alpha value is -3.14. The normalized spacial score (nSPS) is 10.3. The van der Waals surface area contributed by atoms with E-state index in [9.17, 15) is 4.79 Å². The van der Waals surface area contributed by atoms with Crippen molar-refractivity contribution >= 4 is 34.8 Å². The fraction of sp³-hybridized carbons (Fsp3) is 0.333. The summed E-state index contributed by atoms with van der Waals surface area (Å²) in [5, 5.41) is 10.6. The molecule has 0 fully saturated rings. The molecule has 0 atom stereocenters. The predicted octanol–water partition coefficient (Wildman–Crippen LogP) is 2.46. The number of aryl methyl sites for hydroxylation is 1. The summed E-state index contributed by atoms with van der Waals surface area (Å²) < 4.78 is 18.3. The molecule has 28 heavy (non-hydrogen) atoms. The highest BCUT2D eigenvalue weighted by atomic mass is 32.1. The van der Waals surface area contributed by atoms with E-state index in [1.807, 2.05) is 37.4 Å². The van der Waals surface area contributed by atoms with E-state index in [4.69, 9.17) is 8.42 Å². The molecular formula is C18H22N6O3S. The first-order valence-electron chi connectivity index (χ1n) is 8.60. The van der Waals surface area contributed by atoms with Gasteiger partial charge in [0.1, 0.15) is 5.82 Å². The van der Waals surface area contributed by atoms with Crippen LogP contribution in [0.15, 0.2) is 30.5 Å². The van der Waals surface area contributed by atoms with E-state index >= 15 is 0 Å². The molecule has 0 aliphatic rings. The molecule has 0 saturated carbocycles. The third-order valence-electron chi connectivity index (χ3n) is 3.89. The van der Waals surface area contributed by atoms with Crippen LogP contribution in [0.2, 0.25) is 0 Å². The lowest BCUT2D eigenvalue weighted by Crippen LogP contribution is -2.13. The van der Waals surface area contributed by atoms with Gasteiger partial charge in [-0.15, -0.1) is 0 Å². The molecule has 3 rings (SSSR count). The number of nitrogens with zero attached hydrogens (tertiary/aromatic N) is 4. The van der Waals surface area contributed by atoms with Crippen LogP contribution in [-0.2, 0) is 22.9 Å². The second-order valence-electron chi connectivity index (χ2n) is 6.34. The minimum atomic E-state index is -0.750. The summed E-state index contributed by atoms with van der Waals surface area (Å²) in [6.07, 6.45) is 1.84. The molecule has 0 bridgehead atoms. The minimum absolute atomic E-state index is 0.0960. The zero-order chi connectivity index (χ0) is 20.7. The number of amides is 1. The Morgan fingerprint density at radius 2 is 1.89 bits per heavy atom. The molecule has 0 aliphatic heterocycles. The second kappa shape index (κ2) is 9.70. The summed E-state index contributed by atoms with van der Waals surface area (Å²) in [6, 6.07) is 7.67. The number of para-hydroxylation sites is 1. The number of hydrogen-bond acceptors (Lipinski definition) is 7. The van der Waals surface area contributed by atoms with Crippen LogP contribution in [0, 0.1) is 6.92 Å². The molecular weight excluding hydrogens is 380 g/mol. The number of nitrogens with one attached hydrogen (secondary N) is 2. The fourth-order valence-corrected chi connectivity index (χ4v) is 2.68. The van der Waals surface area contributed by atoms with Crippen molar-refractivity contribution in [1.82, 2.24) is 19.6 Å². The number of aromatic nitrogens is 4. The predicted molar refractivity (Wildman–Crippen MR) is 107 cm³/mol. The van der Waals surface area contributed by atoms with E-state index in [1.54, 1.807) is 4.52 Å². The van der Waals surface area contributed by atoms with Crippen LogP contribution >= 0.6 is 0 Å². The first-order valence-corrected chi connectivity index (χ1v) is 9.27. The molecule has 10 heteroatoms. The Kier molecular flexibility index (Phi) is 7.33. The highest BCUT2D eigenvalue weighted by Gasteiger charge is 2.14. The van der Waals surface area contributed by atoms with E-state index in [2.05, 4.69) is 39.5 Å². The van der Waals surface area contributed by atoms with Crippen molar-refractivity contribution in [2.45, 2.75) is 40.2 Å². The standard InChI is InChI=1S/C18H22N6O.O2S/c1-11(2)15-10-20-24-17(15)21-12(3)22-18(24)19-9-14-7-5-6-8-16(14)23-13(4)25;1-3-2/h5-8,10-11H,9H2,1-4H3,(H,23,25)(H,19,21,22);. The number of hydrogen-bond donors (Lipinski definition) is 2.